The van der Waals surface area contributed by atoms with Crippen LogP contribution in [0.1, 0.15) is 17.8 Å². The highest BCUT2D eigenvalue weighted by atomic mass is 32.2. The molecule has 0 aliphatic carbocycles. The first-order chi connectivity index (χ1) is 12.9. The monoisotopic (exact) mass is 410 g/mol. The van der Waals surface area contributed by atoms with Gasteiger partial charge in [0, 0.05) is 11.3 Å². The first-order valence-corrected chi connectivity index (χ1v) is 10.1. The Hall–Kier alpha value is -2.06. The summed E-state index contributed by atoms with van der Waals surface area (Å²) in [5.41, 5.74) is 1.37. The van der Waals surface area contributed by atoms with Crippen LogP contribution >= 0.6 is 23.1 Å². The van der Waals surface area contributed by atoms with Crippen molar-refractivity contribution < 1.29 is 18.0 Å². The molecule has 1 amide bonds. The maximum absolute atomic E-state index is 12.4. The lowest BCUT2D eigenvalue weighted by Crippen LogP contribution is -2.13. The number of aromatic nitrogens is 1. The van der Waals surface area contributed by atoms with Crippen LogP contribution < -0.4 is 5.32 Å². The van der Waals surface area contributed by atoms with Gasteiger partial charge in [-0.3, -0.25) is 4.79 Å². The van der Waals surface area contributed by atoms with Crippen LogP contribution in [0.3, 0.4) is 0 Å². The first kappa shape index (κ1) is 19.7. The van der Waals surface area contributed by atoms with Crippen LogP contribution in [0, 0.1) is 0 Å². The van der Waals surface area contributed by atoms with E-state index in [0.717, 1.165) is 15.2 Å². The Bertz CT molecular complexity index is 891. The molecule has 0 saturated carbocycles. The van der Waals surface area contributed by atoms with Crippen molar-refractivity contribution in [3.8, 4) is 0 Å². The Morgan fingerprint density at radius 2 is 1.85 bits per heavy atom. The van der Waals surface area contributed by atoms with Crippen LogP contribution in [-0.4, -0.2) is 22.8 Å². The van der Waals surface area contributed by atoms with Gasteiger partial charge in [-0.15, -0.1) is 23.1 Å². The Morgan fingerprint density at radius 1 is 1.11 bits per heavy atom. The number of hydrogen-bond acceptors (Lipinski definition) is 4. The minimum Gasteiger partial charge on any atom is -0.325 e. The lowest BCUT2D eigenvalue weighted by molar-refractivity contribution is -0.116. The van der Waals surface area contributed by atoms with Gasteiger partial charge in [0.2, 0.25) is 5.91 Å². The smallest absolute Gasteiger partial charge is 0.325 e. The molecule has 0 saturated heterocycles. The maximum atomic E-state index is 12.4. The van der Waals surface area contributed by atoms with E-state index in [1.54, 1.807) is 35.6 Å². The number of alkyl halides is 3. The van der Waals surface area contributed by atoms with Gasteiger partial charge in [0.1, 0.15) is 0 Å². The van der Waals surface area contributed by atoms with Crippen molar-refractivity contribution in [1.29, 1.82) is 0 Å². The normalized spacial score (nSPS) is 11.7. The number of thiazole rings is 1. The fourth-order valence-corrected chi connectivity index (χ4v) is 4.27. The molecule has 0 unspecified atom stereocenters. The molecule has 27 heavy (non-hydrogen) atoms. The zero-order valence-corrected chi connectivity index (χ0v) is 15.9. The van der Waals surface area contributed by atoms with Gasteiger partial charge in [0.15, 0.2) is 0 Å². The van der Waals surface area contributed by atoms with E-state index in [9.17, 15) is 18.0 Å². The molecule has 0 bridgehead atoms. The zero-order valence-electron chi connectivity index (χ0n) is 14.3. The van der Waals surface area contributed by atoms with Crippen LogP contribution in [0.25, 0.3) is 10.2 Å². The molecule has 8 heteroatoms. The highest BCUT2D eigenvalue weighted by Gasteiger charge is 2.27. The van der Waals surface area contributed by atoms with Crippen molar-refractivity contribution in [2.24, 2.45) is 0 Å². The average Bonchev–Trinajstić information content (AvgIpc) is 3.03. The number of carbonyl (C=O) groups is 1. The standard InChI is InChI=1S/C19H17F3N2OS2/c20-19(21,22)12-26-15-8-3-1-6-13(15)23-17(25)10-5-11-18-24-14-7-2-4-9-16(14)27-18/h1-4,6-9H,5,10-12H2,(H,23,25). The fraction of sp³-hybridized carbons (Fsp3) is 0.263. The molecule has 0 spiro atoms. The second kappa shape index (κ2) is 8.75. The highest BCUT2D eigenvalue weighted by molar-refractivity contribution is 7.99. The van der Waals surface area contributed by atoms with E-state index in [4.69, 9.17) is 0 Å². The van der Waals surface area contributed by atoms with Crippen LogP contribution in [0.4, 0.5) is 18.9 Å². The summed E-state index contributed by atoms with van der Waals surface area (Å²) in [5, 5.41) is 3.69. The Kier molecular flexibility index (Phi) is 6.38. The van der Waals surface area contributed by atoms with E-state index in [-0.39, 0.29) is 12.3 Å². The summed E-state index contributed by atoms with van der Waals surface area (Å²) in [6.07, 6.45) is -2.64. The number of para-hydroxylation sites is 2. The van der Waals surface area contributed by atoms with Gasteiger partial charge < -0.3 is 5.32 Å². The topological polar surface area (TPSA) is 42.0 Å². The molecule has 1 N–H and O–H groups in total. The van der Waals surface area contributed by atoms with E-state index >= 15 is 0 Å². The average molecular weight is 410 g/mol. The predicted molar refractivity (Wildman–Crippen MR) is 104 cm³/mol. The van der Waals surface area contributed by atoms with Crippen molar-refractivity contribution in [2.45, 2.75) is 30.3 Å². The summed E-state index contributed by atoms with van der Waals surface area (Å²) in [5.74, 6) is -1.20. The molecular weight excluding hydrogens is 393 g/mol. The number of amides is 1. The molecule has 142 valence electrons. The lowest BCUT2D eigenvalue weighted by atomic mass is 10.2. The van der Waals surface area contributed by atoms with Gasteiger partial charge in [-0.25, -0.2) is 4.98 Å². The molecule has 3 rings (SSSR count). The summed E-state index contributed by atoms with van der Waals surface area (Å²) in [6, 6.07) is 14.4. The van der Waals surface area contributed by atoms with Gasteiger partial charge in [0.05, 0.1) is 26.7 Å². The fourth-order valence-electron chi connectivity index (χ4n) is 2.50. The second-order valence-corrected chi connectivity index (χ2v) is 8.01. The van der Waals surface area contributed by atoms with Crippen LogP contribution in [0.15, 0.2) is 53.4 Å². The number of aryl methyl sites for hydroxylation is 1. The van der Waals surface area contributed by atoms with Gasteiger partial charge >= 0.3 is 6.18 Å². The van der Waals surface area contributed by atoms with Crippen molar-refractivity contribution >= 4 is 44.9 Å². The molecule has 2 aromatic carbocycles. The van der Waals surface area contributed by atoms with Gasteiger partial charge in [0.25, 0.3) is 0 Å². The van der Waals surface area contributed by atoms with Crippen molar-refractivity contribution in [3.63, 3.8) is 0 Å². The lowest BCUT2D eigenvalue weighted by Gasteiger charge is -2.11. The third kappa shape index (κ3) is 5.97. The van der Waals surface area contributed by atoms with Crippen molar-refractivity contribution in [2.75, 3.05) is 11.1 Å². The van der Waals surface area contributed by atoms with Crippen LogP contribution in [-0.2, 0) is 11.2 Å². The molecule has 0 radical (unpaired) electrons. The molecule has 0 aliphatic heterocycles. The third-order valence-electron chi connectivity index (χ3n) is 3.69. The number of benzene rings is 2. The second-order valence-electron chi connectivity index (χ2n) is 5.88. The molecule has 0 fully saturated rings. The van der Waals surface area contributed by atoms with Gasteiger partial charge in [-0.05, 0) is 37.1 Å². The largest absolute Gasteiger partial charge is 0.398 e. The molecule has 3 aromatic rings. The van der Waals surface area contributed by atoms with Gasteiger partial charge in [-0.1, -0.05) is 24.3 Å². The minimum absolute atomic E-state index is 0.212. The summed E-state index contributed by atoms with van der Waals surface area (Å²) >= 11 is 2.28. The van der Waals surface area contributed by atoms with E-state index < -0.39 is 11.9 Å². The Balaban J connectivity index is 1.52. The summed E-state index contributed by atoms with van der Waals surface area (Å²) < 4.78 is 38.4. The first-order valence-electron chi connectivity index (χ1n) is 8.33. The van der Waals surface area contributed by atoms with Crippen LogP contribution in [0.2, 0.25) is 0 Å². The van der Waals surface area contributed by atoms with Crippen molar-refractivity contribution in [1.82, 2.24) is 4.98 Å². The van der Waals surface area contributed by atoms with E-state index in [1.165, 1.54) is 0 Å². The van der Waals surface area contributed by atoms with Crippen molar-refractivity contribution in [3.05, 3.63) is 53.5 Å². The van der Waals surface area contributed by atoms with E-state index in [1.807, 2.05) is 24.3 Å². The number of hydrogen-bond donors (Lipinski definition) is 1. The summed E-state index contributed by atoms with van der Waals surface area (Å²) in [4.78, 5) is 17.1. The van der Waals surface area contributed by atoms with Crippen LogP contribution in [0.5, 0.6) is 0 Å². The number of halogens is 3. The molecule has 3 nitrogen and oxygen atoms in total. The number of thioether (sulfide) groups is 1. The zero-order chi connectivity index (χ0) is 19.3. The Labute approximate surface area is 163 Å². The predicted octanol–water partition coefficient (Wildman–Crippen LogP) is 5.91. The third-order valence-corrected chi connectivity index (χ3v) is 5.92. The molecule has 0 atom stereocenters. The molecule has 1 heterocycles. The van der Waals surface area contributed by atoms with Gasteiger partial charge in [-0.2, -0.15) is 13.2 Å². The number of nitrogens with one attached hydrogen (secondary N) is 1. The summed E-state index contributed by atoms with van der Waals surface area (Å²) in [7, 11) is 0. The maximum Gasteiger partial charge on any atom is 0.398 e. The summed E-state index contributed by atoms with van der Waals surface area (Å²) in [6.45, 7) is 0. The highest BCUT2D eigenvalue weighted by Crippen LogP contribution is 2.32. The minimum atomic E-state index is -4.25. The number of nitrogens with zero attached hydrogens (tertiary/aromatic N) is 1. The Morgan fingerprint density at radius 3 is 2.63 bits per heavy atom. The number of anilines is 1. The number of rotatable bonds is 7. The number of carbonyl (C=O) groups excluding carboxylic acids is 1. The molecule has 1 aromatic heterocycles. The quantitative estimate of drug-likeness (QED) is 0.492. The molecular formula is C19H17F3N2OS2. The van der Waals surface area contributed by atoms with E-state index in [2.05, 4.69) is 10.3 Å². The molecule has 0 aliphatic rings. The SMILES string of the molecule is O=C(CCCc1nc2ccccc2s1)Nc1ccccc1SCC(F)(F)F. The van der Waals surface area contributed by atoms with E-state index in [0.29, 0.717) is 35.2 Å². The number of fused-ring (bicyclic) bond motifs is 1.